The summed E-state index contributed by atoms with van der Waals surface area (Å²) < 4.78 is 10.0. The van der Waals surface area contributed by atoms with Gasteiger partial charge in [-0.1, -0.05) is 36.3 Å². The van der Waals surface area contributed by atoms with Crippen molar-refractivity contribution in [2.45, 2.75) is 32.6 Å². The summed E-state index contributed by atoms with van der Waals surface area (Å²) in [5.74, 6) is 1.18. The van der Waals surface area contributed by atoms with Crippen molar-refractivity contribution in [1.29, 1.82) is 0 Å². The normalized spacial score (nSPS) is 11.5. The van der Waals surface area contributed by atoms with Crippen LogP contribution in [0.3, 0.4) is 0 Å². The van der Waals surface area contributed by atoms with E-state index >= 15 is 0 Å². The summed E-state index contributed by atoms with van der Waals surface area (Å²) in [6.07, 6.45) is 5.05. The van der Waals surface area contributed by atoms with E-state index in [1.54, 1.807) is 13.8 Å². The zero-order chi connectivity index (χ0) is 15.7. The third-order valence-corrected chi connectivity index (χ3v) is 2.44. The quantitative estimate of drug-likeness (QED) is 0.605. The third kappa shape index (κ3) is 6.59. The predicted molar refractivity (Wildman–Crippen MR) is 78.1 cm³/mol. The molecule has 5 heteroatoms. The van der Waals surface area contributed by atoms with Crippen LogP contribution in [0, 0.1) is 12.3 Å². The molecule has 0 aliphatic carbocycles. The van der Waals surface area contributed by atoms with Gasteiger partial charge >= 0.3 is 11.9 Å². The average Bonchev–Trinajstić information content (AvgIpc) is 2.46. The van der Waals surface area contributed by atoms with Gasteiger partial charge in [0.1, 0.15) is 6.61 Å². The van der Waals surface area contributed by atoms with Crippen LogP contribution in [0.25, 0.3) is 0 Å². The van der Waals surface area contributed by atoms with Crippen LogP contribution in [0.5, 0.6) is 0 Å². The van der Waals surface area contributed by atoms with Gasteiger partial charge in [0.15, 0.2) is 6.04 Å². The highest BCUT2D eigenvalue weighted by molar-refractivity contribution is 5.80. The molecule has 0 radical (unpaired) electrons. The molecule has 1 aromatic carbocycles. The first-order valence-electron chi connectivity index (χ1n) is 6.62. The van der Waals surface area contributed by atoms with Gasteiger partial charge in [-0.25, -0.2) is 4.79 Å². The molecule has 0 heterocycles. The minimum atomic E-state index is -0.978. The molecule has 0 amide bonds. The maximum absolute atomic E-state index is 11.8. The summed E-state index contributed by atoms with van der Waals surface area (Å²) in [6, 6.07) is 8.27. The van der Waals surface area contributed by atoms with Crippen LogP contribution in [-0.4, -0.2) is 30.6 Å². The highest BCUT2D eigenvalue weighted by Crippen LogP contribution is 2.01. The number of ether oxygens (including phenoxy) is 2. The van der Waals surface area contributed by atoms with Crippen molar-refractivity contribution in [3.8, 4) is 12.3 Å². The number of esters is 2. The molecule has 0 spiro atoms. The maximum Gasteiger partial charge on any atom is 0.336 e. The van der Waals surface area contributed by atoms with Gasteiger partial charge in [-0.15, -0.1) is 6.42 Å². The van der Waals surface area contributed by atoms with E-state index in [1.807, 2.05) is 30.3 Å². The molecule has 5 nitrogen and oxygen atoms in total. The highest BCUT2D eigenvalue weighted by atomic mass is 16.5. The van der Waals surface area contributed by atoms with E-state index in [9.17, 15) is 9.59 Å². The molecule has 21 heavy (non-hydrogen) atoms. The molecule has 0 saturated carbocycles. The van der Waals surface area contributed by atoms with Crippen molar-refractivity contribution in [2.24, 2.45) is 0 Å². The van der Waals surface area contributed by atoms with Crippen LogP contribution < -0.4 is 5.32 Å². The van der Waals surface area contributed by atoms with Crippen LogP contribution >= 0.6 is 0 Å². The monoisotopic (exact) mass is 289 g/mol. The first-order chi connectivity index (χ1) is 10.0. The number of nitrogens with one attached hydrogen (secondary N) is 1. The molecular weight excluding hydrogens is 270 g/mol. The first kappa shape index (κ1) is 16.7. The summed E-state index contributed by atoms with van der Waals surface area (Å²) in [7, 11) is 0. The van der Waals surface area contributed by atoms with Crippen LogP contribution in [0.1, 0.15) is 19.4 Å². The summed E-state index contributed by atoms with van der Waals surface area (Å²) in [5, 5.41) is 2.63. The maximum atomic E-state index is 11.8. The standard InChI is InChI=1S/C16H19NO4/c1-4-14(17-10-15(18)21-12(2)3)16(19)20-11-13-8-6-5-7-9-13/h1,5-9,12,14,17H,10-11H2,2-3H3. The fourth-order valence-corrected chi connectivity index (χ4v) is 1.51. The fourth-order valence-electron chi connectivity index (χ4n) is 1.51. The molecule has 1 N–H and O–H groups in total. The Morgan fingerprint density at radius 1 is 1.29 bits per heavy atom. The van der Waals surface area contributed by atoms with E-state index < -0.39 is 18.0 Å². The minimum absolute atomic E-state index is 0.135. The second-order valence-corrected chi connectivity index (χ2v) is 4.61. The summed E-state index contributed by atoms with van der Waals surface area (Å²) in [4.78, 5) is 23.2. The number of rotatable bonds is 7. The zero-order valence-electron chi connectivity index (χ0n) is 12.2. The molecule has 1 rings (SSSR count). The second-order valence-electron chi connectivity index (χ2n) is 4.61. The Bertz CT molecular complexity index is 505. The van der Waals surface area contributed by atoms with Crippen molar-refractivity contribution in [3.63, 3.8) is 0 Å². The van der Waals surface area contributed by atoms with Gasteiger partial charge in [0.2, 0.25) is 0 Å². The largest absolute Gasteiger partial charge is 0.462 e. The van der Waals surface area contributed by atoms with Gasteiger partial charge in [-0.05, 0) is 19.4 Å². The van der Waals surface area contributed by atoms with Gasteiger partial charge in [0, 0.05) is 0 Å². The molecule has 0 aliphatic heterocycles. The van der Waals surface area contributed by atoms with Gasteiger partial charge in [0.25, 0.3) is 0 Å². The third-order valence-electron chi connectivity index (χ3n) is 2.44. The second kappa shape index (κ2) is 8.77. The van der Waals surface area contributed by atoms with Gasteiger partial charge in [0.05, 0.1) is 12.6 Å². The lowest BCUT2D eigenvalue weighted by molar-refractivity contribution is -0.148. The van der Waals surface area contributed by atoms with Crippen molar-refractivity contribution >= 4 is 11.9 Å². The summed E-state index contributed by atoms with van der Waals surface area (Å²) >= 11 is 0. The van der Waals surface area contributed by atoms with Crippen molar-refractivity contribution in [2.75, 3.05) is 6.54 Å². The van der Waals surface area contributed by atoms with Crippen LogP contribution in [0.4, 0.5) is 0 Å². The fraction of sp³-hybridized carbons (Fsp3) is 0.375. The summed E-state index contributed by atoms with van der Waals surface area (Å²) in [5.41, 5.74) is 0.862. The van der Waals surface area contributed by atoms with E-state index in [1.165, 1.54) is 0 Å². The molecule has 0 bridgehead atoms. The number of terminal acetylenes is 1. The molecule has 0 saturated heterocycles. The lowest BCUT2D eigenvalue weighted by Gasteiger charge is -2.13. The summed E-state index contributed by atoms with van der Waals surface area (Å²) in [6.45, 7) is 3.47. The van der Waals surface area contributed by atoms with Crippen molar-refractivity contribution in [1.82, 2.24) is 5.32 Å². The lowest BCUT2D eigenvalue weighted by atomic mass is 10.2. The van der Waals surface area contributed by atoms with Crippen LogP contribution in [-0.2, 0) is 25.7 Å². The molecule has 1 atom stereocenters. The Kier molecular flexibility index (Phi) is 6.99. The molecule has 0 aliphatic rings. The van der Waals surface area contributed by atoms with Crippen molar-refractivity contribution in [3.05, 3.63) is 35.9 Å². The zero-order valence-corrected chi connectivity index (χ0v) is 12.2. The average molecular weight is 289 g/mol. The number of benzene rings is 1. The smallest absolute Gasteiger partial charge is 0.336 e. The molecule has 112 valence electrons. The Morgan fingerprint density at radius 2 is 1.95 bits per heavy atom. The van der Waals surface area contributed by atoms with E-state index in [0.29, 0.717) is 0 Å². The van der Waals surface area contributed by atoms with Gasteiger partial charge in [-0.3, -0.25) is 10.1 Å². The van der Waals surface area contributed by atoms with E-state index in [-0.39, 0.29) is 19.3 Å². The SMILES string of the molecule is C#CC(NCC(=O)OC(C)C)C(=O)OCc1ccccc1. The minimum Gasteiger partial charge on any atom is -0.462 e. The Hall–Kier alpha value is -2.32. The van der Waals surface area contributed by atoms with E-state index in [4.69, 9.17) is 15.9 Å². The van der Waals surface area contributed by atoms with Crippen molar-refractivity contribution < 1.29 is 19.1 Å². The number of carbonyl (C=O) groups excluding carboxylic acids is 2. The topological polar surface area (TPSA) is 64.6 Å². The van der Waals surface area contributed by atoms with Crippen LogP contribution in [0.2, 0.25) is 0 Å². The molecule has 0 aromatic heterocycles. The number of hydrogen-bond donors (Lipinski definition) is 1. The number of carbonyl (C=O) groups is 2. The molecule has 1 aromatic rings. The van der Waals surface area contributed by atoms with E-state index in [2.05, 4.69) is 11.2 Å². The Morgan fingerprint density at radius 3 is 2.52 bits per heavy atom. The van der Waals surface area contributed by atoms with E-state index in [0.717, 1.165) is 5.56 Å². The number of hydrogen-bond acceptors (Lipinski definition) is 5. The molecular formula is C16H19NO4. The van der Waals surface area contributed by atoms with Gasteiger partial charge in [-0.2, -0.15) is 0 Å². The molecule has 0 fully saturated rings. The highest BCUT2D eigenvalue weighted by Gasteiger charge is 2.18. The van der Waals surface area contributed by atoms with Crippen LogP contribution in [0.15, 0.2) is 30.3 Å². The first-order valence-corrected chi connectivity index (χ1v) is 6.62. The Balaban J connectivity index is 2.39. The molecule has 1 unspecified atom stereocenters. The lowest BCUT2D eigenvalue weighted by Crippen LogP contribution is -2.40. The van der Waals surface area contributed by atoms with Gasteiger partial charge < -0.3 is 9.47 Å². The predicted octanol–water partition coefficient (Wildman–Crippen LogP) is 1.27. The Labute approximate surface area is 124 Å².